The van der Waals surface area contributed by atoms with E-state index in [2.05, 4.69) is 0 Å². The summed E-state index contributed by atoms with van der Waals surface area (Å²) in [7, 11) is 1.66. The summed E-state index contributed by atoms with van der Waals surface area (Å²) in [5, 5.41) is 8.95. The van der Waals surface area contributed by atoms with E-state index in [9.17, 15) is 4.79 Å². The Bertz CT molecular complexity index is 379. The maximum Gasteiger partial charge on any atom is 0.260 e. The molecular formula is C13H19NO3. The summed E-state index contributed by atoms with van der Waals surface area (Å²) in [5.74, 6) is 0.570. The van der Waals surface area contributed by atoms with Gasteiger partial charge in [-0.15, -0.1) is 0 Å². The van der Waals surface area contributed by atoms with E-state index in [0.717, 1.165) is 5.56 Å². The number of amides is 1. The van der Waals surface area contributed by atoms with Crippen LogP contribution in [0.2, 0.25) is 0 Å². The SMILES string of the molecule is Cc1ccccc1OCC(=O)N(C)C(C)CO. The highest BCUT2D eigenvalue weighted by atomic mass is 16.5. The third-order valence-electron chi connectivity index (χ3n) is 2.76. The highest BCUT2D eigenvalue weighted by molar-refractivity contribution is 5.77. The molecule has 0 aliphatic rings. The van der Waals surface area contributed by atoms with Gasteiger partial charge in [0.05, 0.1) is 12.6 Å². The van der Waals surface area contributed by atoms with E-state index in [1.54, 1.807) is 14.0 Å². The summed E-state index contributed by atoms with van der Waals surface area (Å²) >= 11 is 0. The number of hydrogen-bond donors (Lipinski definition) is 1. The molecule has 17 heavy (non-hydrogen) atoms. The smallest absolute Gasteiger partial charge is 0.260 e. The van der Waals surface area contributed by atoms with Gasteiger partial charge in [-0.2, -0.15) is 0 Å². The number of carbonyl (C=O) groups excluding carboxylic acids is 1. The molecule has 1 atom stereocenters. The van der Waals surface area contributed by atoms with Crippen LogP contribution < -0.4 is 4.74 Å². The van der Waals surface area contributed by atoms with Crippen molar-refractivity contribution in [2.24, 2.45) is 0 Å². The maximum atomic E-state index is 11.7. The largest absolute Gasteiger partial charge is 0.484 e. The third kappa shape index (κ3) is 3.75. The van der Waals surface area contributed by atoms with Crippen molar-refractivity contribution in [2.45, 2.75) is 19.9 Å². The molecule has 0 saturated carbocycles. The minimum Gasteiger partial charge on any atom is -0.484 e. The average molecular weight is 237 g/mol. The van der Waals surface area contributed by atoms with E-state index in [4.69, 9.17) is 9.84 Å². The Labute approximate surface area is 102 Å². The Kier molecular flexibility index (Phi) is 4.97. The number of ether oxygens (including phenoxy) is 1. The number of aryl methyl sites for hydroxylation is 1. The first-order valence-electron chi connectivity index (χ1n) is 5.61. The molecule has 0 heterocycles. The van der Waals surface area contributed by atoms with Crippen LogP contribution in [-0.4, -0.2) is 42.2 Å². The number of aliphatic hydroxyl groups excluding tert-OH is 1. The van der Waals surface area contributed by atoms with Crippen LogP contribution in [0.3, 0.4) is 0 Å². The van der Waals surface area contributed by atoms with Crippen molar-refractivity contribution in [3.63, 3.8) is 0 Å². The predicted octanol–water partition coefficient (Wildman–Crippen LogP) is 1.21. The Balaban J connectivity index is 2.51. The molecule has 1 rings (SSSR count). The summed E-state index contributed by atoms with van der Waals surface area (Å²) in [6.45, 7) is 3.66. The zero-order chi connectivity index (χ0) is 12.8. The fraction of sp³-hybridized carbons (Fsp3) is 0.462. The lowest BCUT2D eigenvalue weighted by molar-refractivity contribution is -0.134. The van der Waals surface area contributed by atoms with Crippen molar-refractivity contribution in [3.05, 3.63) is 29.8 Å². The molecule has 1 N–H and O–H groups in total. The van der Waals surface area contributed by atoms with Crippen LogP contribution in [0.1, 0.15) is 12.5 Å². The minimum absolute atomic E-state index is 0.00824. The van der Waals surface area contributed by atoms with Gasteiger partial charge in [0.15, 0.2) is 6.61 Å². The second-order valence-corrected chi connectivity index (χ2v) is 4.09. The van der Waals surface area contributed by atoms with Crippen LogP contribution in [0.5, 0.6) is 5.75 Å². The molecule has 0 radical (unpaired) electrons. The summed E-state index contributed by atoms with van der Waals surface area (Å²) in [6, 6.07) is 7.36. The number of carbonyl (C=O) groups is 1. The molecule has 0 saturated heterocycles. The van der Waals surface area contributed by atoms with Gasteiger partial charge < -0.3 is 14.7 Å². The minimum atomic E-state index is -0.192. The van der Waals surface area contributed by atoms with Crippen LogP contribution in [0.15, 0.2) is 24.3 Å². The molecule has 1 aromatic carbocycles. The number of aliphatic hydroxyl groups is 1. The molecular weight excluding hydrogens is 218 g/mol. The highest BCUT2D eigenvalue weighted by Crippen LogP contribution is 2.16. The first-order chi connectivity index (χ1) is 8.06. The molecule has 0 bridgehead atoms. The van der Waals surface area contributed by atoms with Gasteiger partial charge in [-0.25, -0.2) is 0 Å². The van der Waals surface area contributed by atoms with Crippen LogP contribution in [0.25, 0.3) is 0 Å². The molecule has 1 amide bonds. The fourth-order valence-electron chi connectivity index (χ4n) is 1.33. The number of nitrogens with zero attached hydrogens (tertiary/aromatic N) is 1. The molecule has 0 aliphatic heterocycles. The Morgan fingerprint density at radius 1 is 1.47 bits per heavy atom. The van der Waals surface area contributed by atoms with Crippen LogP contribution in [0.4, 0.5) is 0 Å². The van der Waals surface area contributed by atoms with Gasteiger partial charge in [-0.1, -0.05) is 18.2 Å². The Morgan fingerprint density at radius 2 is 2.12 bits per heavy atom. The van der Waals surface area contributed by atoms with E-state index in [1.165, 1.54) is 4.90 Å². The van der Waals surface area contributed by atoms with E-state index in [1.807, 2.05) is 31.2 Å². The Morgan fingerprint density at radius 3 is 2.71 bits per heavy atom. The number of benzene rings is 1. The second-order valence-electron chi connectivity index (χ2n) is 4.09. The zero-order valence-corrected chi connectivity index (χ0v) is 10.5. The molecule has 0 fully saturated rings. The zero-order valence-electron chi connectivity index (χ0n) is 10.5. The third-order valence-corrected chi connectivity index (χ3v) is 2.76. The first kappa shape index (κ1) is 13.5. The average Bonchev–Trinajstić information content (AvgIpc) is 2.35. The van der Waals surface area contributed by atoms with Crippen molar-refractivity contribution < 1.29 is 14.6 Å². The number of hydrogen-bond acceptors (Lipinski definition) is 3. The lowest BCUT2D eigenvalue weighted by Crippen LogP contribution is -2.40. The normalized spacial score (nSPS) is 12.0. The number of para-hydroxylation sites is 1. The quantitative estimate of drug-likeness (QED) is 0.837. The van der Waals surface area contributed by atoms with Crippen molar-refractivity contribution in [1.82, 2.24) is 4.90 Å². The van der Waals surface area contributed by atoms with E-state index < -0.39 is 0 Å². The van der Waals surface area contributed by atoms with E-state index >= 15 is 0 Å². The molecule has 4 nitrogen and oxygen atoms in total. The van der Waals surface area contributed by atoms with Crippen molar-refractivity contribution in [2.75, 3.05) is 20.3 Å². The standard InChI is InChI=1S/C13H19NO3/c1-10-6-4-5-7-12(10)17-9-13(16)14(3)11(2)8-15/h4-7,11,15H,8-9H2,1-3H3. The fourth-order valence-corrected chi connectivity index (χ4v) is 1.33. The molecule has 4 heteroatoms. The van der Waals surface area contributed by atoms with Gasteiger partial charge >= 0.3 is 0 Å². The maximum absolute atomic E-state index is 11.7. The van der Waals surface area contributed by atoms with Crippen molar-refractivity contribution in [1.29, 1.82) is 0 Å². The number of likely N-dealkylation sites (N-methyl/N-ethyl adjacent to an activating group) is 1. The van der Waals surface area contributed by atoms with Crippen LogP contribution in [0, 0.1) is 6.92 Å². The van der Waals surface area contributed by atoms with Gasteiger partial charge in [-0.05, 0) is 25.5 Å². The van der Waals surface area contributed by atoms with Gasteiger partial charge in [0.2, 0.25) is 0 Å². The van der Waals surface area contributed by atoms with Crippen LogP contribution in [-0.2, 0) is 4.79 Å². The number of rotatable bonds is 5. The van der Waals surface area contributed by atoms with E-state index in [0.29, 0.717) is 5.75 Å². The Hall–Kier alpha value is -1.55. The molecule has 0 aliphatic carbocycles. The first-order valence-corrected chi connectivity index (χ1v) is 5.61. The molecule has 94 valence electrons. The molecule has 1 aromatic rings. The summed E-state index contributed by atoms with van der Waals surface area (Å²) in [6.07, 6.45) is 0. The molecule has 0 spiro atoms. The second kappa shape index (κ2) is 6.25. The summed E-state index contributed by atoms with van der Waals surface area (Å²) in [4.78, 5) is 13.2. The monoisotopic (exact) mass is 237 g/mol. The van der Waals surface area contributed by atoms with E-state index in [-0.39, 0.29) is 25.2 Å². The van der Waals surface area contributed by atoms with Gasteiger partial charge in [0.1, 0.15) is 5.75 Å². The van der Waals surface area contributed by atoms with Crippen molar-refractivity contribution in [3.8, 4) is 5.75 Å². The molecule has 1 unspecified atom stereocenters. The topological polar surface area (TPSA) is 49.8 Å². The van der Waals surface area contributed by atoms with Crippen LogP contribution >= 0.6 is 0 Å². The summed E-state index contributed by atoms with van der Waals surface area (Å²) < 4.78 is 5.44. The highest BCUT2D eigenvalue weighted by Gasteiger charge is 2.15. The van der Waals surface area contributed by atoms with Gasteiger partial charge in [-0.3, -0.25) is 4.79 Å². The lowest BCUT2D eigenvalue weighted by Gasteiger charge is -2.23. The van der Waals surface area contributed by atoms with Gasteiger partial charge in [0, 0.05) is 7.05 Å². The predicted molar refractivity (Wildman–Crippen MR) is 66.0 cm³/mol. The van der Waals surface area contributed by atoms with Crippen molar-refractivity contribution >= 4 is 5.91 Å². The lowest BCUT2D eigenvalue weighted by atomic mass is 10.2. The van der Waals surface area contributed by atoms with Gasteiger partial charge in [0.25, 0.3) is 5.91 Å². The molecule has 0 aromatic heterocycles. The summed E-state index contributed by atoms with van der Waals surface area (Å²) in [5.41, 5.74) is 0.998.